The van der Waals surface area contributed by atoms with Crippen LogP contribution < -0.4 is 4.72 Å². The fraction of sp³-hybridized carbons (Fsp3) is 0.500. The van der Waals surface area contributed by atoms with E-state index in [1.54, 1.807) is 11.4 Å². The van der Waals surface area contributed by atoms with Crippen molar-refractivity contribution in [2.75, 3.05) is 5.33 Å². The summed E-state index contributed by atoms with van der Waals surface area (Å²) in [7, 11) is -3.37. The molecule has 0 aliphatic rings. The van der Waals surface area contributed by atoms with Crippen molar-refractivity contribution < 1.29 is 8.42 Å². The van der Waals surface area contributed by atoms with E-state index >= 15 is 0 Å². The number of hydrogen-bond acceptors (Lipinski definition) is 3. The van der Waals surface area contributed by atoms with Crippen LogP contribution in [0.5, 0.6) is 0 Å². The largest absolute Gasteiger partial charge is 0.251 e. The second-order valence-corrected chi connectivity index (χ2v) is 7.53. The van der Waals surface area contributed by atoms with Crippen LogP contribution in [0.4, 0.5) is 0 Å². The fourth-order valence-electron chi connectivity index (χ4n) is 1.01. The SMILES string of the molecule is CC(CCBr)NS(=O)(=O)c1sccc1Br. The van der Waals surface area contributed by atoms with Gasteiger partial charge in [-0.2, -0.15) is 0 Å². The molecule has 0 saturated carbocycles. The molecule has 1 heterocycles. The molecule has 0 spiro atoms. The molecule has 15 heavy (non-hydrogen) atoms. The highest BCUT2D eigenvalue weighted by atomic mass is 79.9. The number of hydrogen-bond donors (Lipinski definition) is 1. The molecule has 0 fully saturated rings. The van der Waals surface area contributed by atoms with E-state index in [-0.39, 0.29) is 6.04 Å². The van der Waals surface area contributed by atoms with Gasteiger partial charge in [-0.05, 0) is 40.7 Å². The molecule has 0 radical (unpaired) electrons. The minimum atomic E-state index is -3.37. The van der Waals surface area contributed by atoms with Crippen molar-refractivity contribution in [1.82, 2.24) is 4.72 Å². The van der Waals surface area contributed by atoms with Gasteiger partial charge in [0.15, 0.2) is 0 Å². The fourth-order valence-corrected chi connectivity index (χ4v) is 5.33. The Hall–Kier alpha value is 0.570. The second kappa shape index (κ2) is 5.77. The van der Waals surface area contributed by atoms with Gasteiger partial charge >= 0.3 is 0 Å². The monoisotopic (exact) mass is 375 g/mol. The Morgan fingerprint density at radius 2 is 2.27 bits per heavy atom. The Morgan fingerprint density at radius 1 is 1.60 bits per heavy atom. The lowest BCUT2D eigenvalue weighted by molar-refractivity contribution is 0.559. The van der Waals surface area contributed by atoms with Gasteiger partial charge in [0, 0.05) is 15.8 Å². The molecular formula is C8H11Br2NO2S2. The molecule has 1 aromatic rings. The normalized spacial score (nSPS) is 14.1. The van der Waals surface area contributed by atoms with Gasteiger partial charge in [-0.3, -0.25) is 0 Å². The average molecular weight is 377 g/mol. The third kappa shape index (κ3) is 3.81. The first-order chi connectivity index (χ1) is 6.97. The lowest BCUT2D eigenvalue weighted by Gasteiger charge is -2.11. The Balaban J connectivity index is 2.81. The van der Waals surface area contributed by atoms with Gasteiger partial charge in [0.2, 0.25) is 0 Å². The Kier molecular flexibility index (Phi) is 5.24. The van der Waals surface area contributed by atoms with Crippen LogP contribution in [0.25, 0.3) is 0 Å². The minimum absolute atomic E-state index is 0.0663. The average Bonchev–Trinajstić information content (AvgIpc) is 2.51. The van der Waals surface area contributed by atoms with E-state index < -0.39 is 10.0 Å². The minimum Gasteiger partial charge on any atom is -0.208 e. The number of rotatable bonds is 5. The van der Waals surface area contributed by atoms with Crippen LogP contribution in [0.15, 0.2) is 20.1 Å². The van der Waals surface area contributed by atoms with Gasteiger partial charge in [-0.15, -0.1) is 11.3 Å². The molecule has 3 nitrogen and oxygen atoms in total. The summed E-state index contributed by atoms with van der Waals surface area (Å²) in [5.41, 5.74) is 0. The summed E-state index contributed by atoms with van der Waals surface area (Å²) in [6, 6.07) is 1.66. The third-order valence-corrected chi connectivity index (χ3v) is 6.44. The highest BCUT2D eigenvalue weighted by molar-refractivity contribution is 9.10. The Bertz CT molecular complexity index is 416. The van der Waals surface area contributed by atoms with E-state index in [9.17, 15) is 8.42 Å². The molecule has 7 heteroatoms. The summed E-state index contributed by atoms with van der Waals surface area (Å²) in [6.07, 6.45) is 0.766. The summed E-state index contributed by atoms with van der Waals surface area (Å²) >= 11 is 7.70. The molecule has 86 valence electrons. The molecule has 0 aliphatic heterocycles. The lowest BCUT2D eigenvalue weighted by atomic mass is 10.3. The van der Waals surface area contributed by atoms with Crippen molar-refractivity contribution in [3.8, 4) is 0 Å². The van der Waals surface area contributed by atoms with Gasteiger partial charge < -0.3 is 0 Å². The summed E-state index contributed by atoms with van der Waals surface area (Å²) in [6.45, 7) is 1.85. The molecule has 1 unspecified atom stereocenters. The zero-order chi connectivity index (χ0) is 11.5. The van der Waals surface area contributed by atoms with Crippen molar-refractivity contribution in [3.63, 3.8) is 0 Å². The lowest BCUT2D eigenvalue weighted by Crippen LogP contribution is -2.32. The summed E-state index contributed by atoms with van der Waals surface area (Å²) in [4.78, 5) is 0. The number of thiophene rings is 1. The van der Waals surface area contributed by atoms with Crippen LogP contribution in [0.3, 0.4) is 0 Å². The number of sulfonamides is 1. The maximum absolute atomic E-state index is 11.9. The number of nitrogens with one attached hydrogen (secondary N) is 1. The zero-order valence-corrected chi connectivity index (χ0v) is 12.8. The van der Waals surface area contributed by atoms with E-state index in [0.717, 1.165) is 11.8 Å². The number of alkyl halides is 1. The summed E-state index contributed by atoms with van der Waals surface area (Å²) in [5.74, 6) is 0. The third-order valence-electron chi connectivity index (χ3n) is 1.73. The van der Waals surface area contributed by atoms with Crippen molar-refractivity contribution in [2.45, 2.75) is 23.6 Å². The van der Waals surface area contributed by atoms with E-state index in [2.05, 4.69) is 36.6 Å². The Morgan fingerprint density at radius 3 is 2.73 bits per heavy atom. The molecular weight excluding hydrogens is 366 g/mol. The van der Waals surface area contributed by atoms with Crippen LogP contribution in [0.2, 0.25) is 0 Å². The van der Waals surface area contributed by atoms with Crippen LogP contribution in [-0.4, -0.2) is 19.8 Å². The van der Waals surface area contributed by atoms with Crippen LogP contribution in [-0.2, 0) is 10.0 Å². The van der Waals surface area contributed by atoms with Crippen molar-refractivity contribution in [1.29, 1.82) is 0 Å². The van der Waals surface area contributed by atoms with Crippen LogP contribution in [0.1, 0.15) is 13.3 Å². The maximum atomic E-state index is 11.9. The quantitative estimate of drug-likeness (QED) is 0.803. The van der Waals surface area contributed by atoms with E-state index in [1.807, 2.05) is 6.92 Å². The van der Waals surface area contributed by atoms with Gasteiger partial charge in [0.1, 0.15) is 4.21 Å². The van der Waals surface area contributed by atoms with E-state index in [0.29, 0.717) is 8.68 Å². The molecule has 0 amide bonds. The first-order valence-corrected chi connectivity index (χ1v) is 8.56. The molecule has 1 N–H and O–H groups in total. The van der Waals surface area contributed by atoms with Crippen LogP contribution in [0, 0.1) is 0 Å². The second-order valence-electron chi connectivity index (χ2n) is 3.06. The zero-order valence-electron chi connectivity index (χ0n) is 8.04. The molecule has 1 atom stereocenters. The molecule has 0 bridgehead atoms. The smallest absolute Gasteiger partial charge is 0.208 e. The van der Waals surface area contributed by atoms with E-state index in [1.165, 1.54) is 11.3 Å². The van der Waals surface area contributed by atoms with Gasteiger partial charge in [0.05, 0.1) is 0 Å². The van der Waals surface area contributed by atoms with E-state index in [4.69, 9.17) is 0 Å². The standard InChI is InChI=1S/C8H11Br2NO2S2/c1-6(2-4-9)11-15(12,13)8-7(10)3-5-14-8/h3,5-6,11H,2,4H2,1H3. The highest BCUT2D eigenvalue weighted by Gasteiger charge is 2.20. The van der Waals surface area contributed by atoms with Crippen molar-refractivity contribution in [2.24, 2.45) is 0 Å². The van der Waals surface area contributed by atoms with Crippen molar-refractivity contribution >= 4 is 53.2 Å². The Labute approximate surface area is 111 Å². The van der Waals surface area contributed by atoms with Gasteiger partial charge in [-0.25, -0.2) is 13.1 Å². The molecule has 0 saturated heterocycles. The summed E-state index contributed by atoms with van der Waals surface area (Å²) in [5, 5.41) is 2.52. The molecule has 0 aromatic carbocycles. The molecule has 0 aliphatic carbocycles. The van der Waals surface area contributed by atoms with Crippen LogP contribution >= 0.6 is 43.2 Å². The van der Waals surface area contributed by atoms with Gasteiger partial charge in [-0.1, -0.05) is 15.9 Å². The van der Waals surface area contributed by atoms with Crippen molar-refractivity contribution in [3.05, 3.63) is 15.9 Å². The molecule has 1 rings (SSSR count). The summed E-state index contributed by atoms with van der Waals surface area (Å²) < 4.78 is 27.3. The predicted molar refractivity (Wildman–Crippen MR) is 70.2 cm³/mol. The maximum Gasteiger partial charge on any atom is 0.251 e. The molecule has 1 aromatic heterocycles. The number of halogens is 2. The van der Waals surface area contributed by atoms with Gasteiger partial charge in [0.25, 0.3) is 10.0 Å². The highest BCUT2D eigenvalue weighted by Crippen LogP contribution is 2.27. The topological polar surface area (TPSA) is 46.2 Å². The first kappa shape index (κ1) is 13.6. The predicted octanol–water partition coefficient (Wildman–Crippen LogP) is 2.96. The first-order valence-electron chi connectivity index (χ1n) is 4.28.